The van der Waals surface area contributed by atoms with Crippen LogP contribution in [0, 0.1) is 0 Å². The molecule has 28 heavy (non-hydrogen) atoms. The van der Waals surface area contributed by atoms with Crippen LogP contribution in [0.3, 0.4) is 0 Å². The van der Waals surface area contributed by atoms with E-state index in [0.717, 1.165) is 0 Å². The van der Waals surface area contributed by atoms with Gasteiger partial charge in [0.1, 0.15) is 0 Å². The minimum absolute atomic E-state index is 0.0705. The van der Waals surface area contributed by atoms with Gasteiger partial charge in [-0.15, -0.1) is 11.3 Å². The molecule has 0 saturated carbocycles. The number of anilines is 1. The van der Waals surface area contributed by atoms with Gasteiger partial charge in [-0.3, -0.25) is 14.1 Å². The average molecular weight is 452 g/mol. The predicted octanol–water partition coefficient (Wildman–Crippen LogP) is 4.89. The summed E-state index contributed by atoms with van der Waals surface area (Å²) in [6, 6.07) is 10.8. The summed E-state index contributed by atoms with van der Waals surface area (Å²) in [4.78, 5) is 16.9. The summed E-state index contributed by atoms with van der Waals surface area (Å²) in [6.07, 6.45) is 3.08. The summed E-state index contributed by atoms with van der Waals surface area (Å²) >= 11 is 13.3. The summed E-state index contributed by atoms with van der Waals surface area (Å²) in [7, 11) is -3.79. The first kappa shape index (κ1) is 18.9. The number of thiazole rings is 1. The zero-order valence-electron chi connectivity index (χ0n) is 14.0. The maximum absolute atomic E-state index is 12.9. The van der Waals surface area contributed by atoms with Gasteiger partial charge in [-0.25, -0.2) is 13.4 Å². The number of carbonyl (C=O) groups excluding carboxylic acids is 1. The molecule has 0 radical (unpaired) electrons. The topological polar surface area (TPSA) is 81.1 Å². The third-order valence-electron chi connectivity index (χ3n) is 4.00. The highest BCUT2D eigenvalue weighted by molar-refractivity contribution is 7.93. The highest BCUT2D eigenvalue weighted by atomic mass is 35.5. The number of nitrogens with one attached hydrogen (secondary N) is 1. The Hall–Kier alpha value is -2.39. The van der Waals surface area contributed by atoms with Gasteiger partial charge in [0.05, 0.1) is 21.0 Å². The van der Waals surface area contributed by atoms with E-state index in [0.29, 0.717) is 15.9 Å². The summed E-state index contributed by atoms with van der Waals surface area (Å²) < 4.78 is 28.9. The summed E-state index contributed by atoms with van der Waals surface area (Å²) in [6.45, 7) is 0. The molecule has 0 aliphatic carbocycles. The molecule has 0 aliphatic rings. The van der Waals surface area contributed by atoms with Crippen molar-refractivity contribution < 1.29 is 13.2 Å². The fourth-order valence-electron chi connectivity index (χ4n) is 2.70. The van der Waals surface area contributed by atoms with Crippen molar-refractivity contribution in [2.75, 3.05) is 4.72 Å². The van der Waals surface area contributed by atoms with Gasteiger partial charge in [0.2, 0.25) is 0 Å². The maximum Gasteiger partial charge on any atom is 0.263 e. The average Bonchev–Trinajstić information content (AvgIpc) is 3.31. The molecule has 0 saturated heterocycles. The van der Waals surface area contributed by atoms with Crippen LogP contribution in [0.2, 0.25) is 10.0 Å². The predicted molar refractivity (Wildman–Crippen MR) is 111 cm³/mol. The molecule has 2 aromatic carbocycles. The molecule has 0 unspecified atom stereocenters. The Labute approximate surface area is 174 Å². The second kappa shape index (κ2) is 7.21. The quantitative estimate of drug-likeness (QED) is 0.478. The standard InChI is InChI=1S/C18H11Cl2N3O3S2/c19-12-1-3-15(20)14(10-12)17(24)23-7-5-11-9-13(2-4-16(11)23)28(25,26)22-18-21-6-8-27-18/h1-10H,(H,21,22). The van der Waals surface area contributed by atoms with Gasteiger partial charge in [-0.2, -0.15) is 0 Å². The Bertz CT molecular complexity index is 1300. The van der Waals surface area contributed by atoms with Gasteiger partial charge in [-0.1, -0.05) is 23.2 Å². The molecular weight excluding hydrogens is 441 g/mol. The summed E-state index contributed by atoms with van der Waals surface area (Å²) in [5, 5.41) is 3.22. The molecule has 10 heteroatoms. The molecule has 2 heterocycles. The van der Waals surface area contributed by atoms with Crippen LogP contribution in [0.25, 0.3) is 10.9 Å². The molecule has 0 bridgehead atoms. The molecule has 0 atom stereocenters. The van der Waals surface area contributed by atoms with Crippen LogP contribution < -0.4 is 4.72 Å². The number of carbonyl (C=O) groups is 1. The lowest BCUT2D eigenvalue weighted by atomic mass is 10.2. The van der Waals surface area contributed by atoms with E-state index in [1.54, 1.807) is 35.8 Å². The van der Waals surface area contributed by atoms with Crippen molar-refractivity contribution in [3.63, 3.8) is 0 Å². The number of sulfonamides is 1. The Kier molecular flexibility index (Phi) is 4.88. The normalized spacial score (nSPS) is 11.6. The van der Waals surface area contributed by atoms with Crippen LogP contribution in [-0.2, 0) is 10.0 Å². The number of hydrogen-bond acceptors (Lipinski definition) is 5. The lowest BCUT2D eigenvalue weighted by molar-refractivity contribution is 0.0965. The third-order valence-corrected chi connectivity index (χ3v) is 6.72. The Morgan fingerprint density at radius 1 is 1.11 bits per heavy atom. The molecule has 2 aromatic heterocycles. The van der Waals surface area contributed by atoms with Crippen LogP contribution in [0.1, 0.15) is 10.4 Å². The van der Waals surface area contributed by atoms with E-state index in [9.17, 15) is 13.2 Å². The Balaban J connectivity index is 1.72. The van der Waals surface area contributed by atoms with Crippen LogP contribution in [0.4, 0.5) is 5.13 Å². The number of halogens is 2. The largest absolute Gasteiger partial charge is 0.283 e. The second-order valence-corrected chi connectivity index (χ2v) is 9.20. The fourth-order valence-corrected chi connectivity index (χ4v) is 4.90. The van der Waals surface area contributed by atoms with E-state index < -0.39 is 10.0 Å². The van der Waals surface area contributed by atoms with E-state index >= 15 is 0 Å². The fraction of sp³-hybridized carbons (Fsp3) is 0. The van der Waals surface area contributed by atoms with E-state index in [2.05, 4.69) is 9.71 Å². The monoisotopic (exact) mass is 451 g/mol. The molecular formula is C18H11Cl2N3O3S2. The maximum atomic E-state index is 12.9. The van der Waals surface area contributed by atoms with Gasteiger partial charge in [0, 0.05) is 28.2 Å². The number of hydrogen-bond donors (Lipinski definition) is 1. The van der Waals surface area contributed by atoms with E-state index in [1.807, 2.05) is 0 Å². The van der Waals surface area contributed by atoms with Crippen LogP contribution in [-0.4, -0.2) is 23.9 Å². The number of aromatic nitrogens is 2. The van der Waals surface area contributed by atoms with Gasteiger partial charge in [0.25, 0.3) is 15.9 Å². The summed E-state index contributed by atoms with van der Waals surface area (Å²) in [5.41, 5.74) is 0.808. The molecule has 0 spiro atoms. The van der Waals surface area contributed by atoms with Gasteiger partial charge in [-0.05, 0) is 42.5 Å². The van der Waals surface area contributed by atoms with E-state index in [-0.39, 0.29) is 26.5 Å². The first-order chi connectivity index (χ1) is 13.3. The SMILES string of the molecule is O=C(c1cc(Cl)ccc1Cl)n1ccc2cc(S(=O)(=O)Nc3nccs3)ccc21. The first-order valence-corrected chi connectivity index (χ1v) is 11.0. The molecule has 0 fully saturated rings. The highest BCUT2D eigenvalue weighted by Crippen LogP contribution is 2.26. The van der Waals surface area contributed by atoms with Crippen molar-refractivity contribution in [2.45, 2.75) is 4.90 Å². The Morgan fingerprint density at radius 2 is 1.93 bits per heavy atom. The lowest BCUT2D eigenvalue weighted by Crippen LogP contribution is -2.13. The van der Waals surface area contributed by atoms with Crippen molar-refractivity contribution in [3.8, 4) is 0 Å². The zero-order valence-corrected chi connectivity index (χ0v) is 17.1. The van der Waals surface area contributed by atoms with Crippen LogP contribution in [0.15, 0.2) is 65.1 Å². The molecule has 4 rings (SSSR count). The molecule has 0 aliphatic heterocycles. The zero-order chi connectivity index (χ0) is 19.9. The first-order valence-electron chi connectivity index (χ1n) is 7.88. The highest BCUT2D eigenvalue weighted by Gasteiger charge is 2.19. The molecule has 1 N–H and O–H groups in total. The summed E-state index contributed by atoms with van der Waals surface area (Å²) in [5.74, 6) is -0.362. The number of rotatable bonds is 4. The molecule has 0 amide bonds. The van der Waals surface area contributed by atoms with Crippen LogP contribution >= 0.6 is 34.5 Å². The molecule has 4 aromatic rings. The van der Waals surface area contributed by atoms with Crippen molar-refractivity contribution in [1.82, 2.24) is 9.55 Å². The van der Waals surface area contributed by atoms with Crippen molar-refractivity contribution in [2.24, 2.45) is 0 Å². The lowest BCUT2D eigenvalue weighted by Gasteiger charge is -2.08. The smallest absolute Gasteiger partial charge is 0.263 e. The van der Waals surface area contributed by atoms with Crippen molar-refractivity contribution >= 4 is 66.5 Å². The van der Waals surface area contributed by atoms with Gasteiger partial charge in [0.15, 0.2) is 5.13 Å². The van der Waals surface area contributed by atoms with Crippen molar-refractivity contribution in [3.05, 3.63) is 75.8 Å². The van der Waals surface area contributed by atoms with Gasteiger partial charge < -0.3 is 0 Å². The van der Waals surface area contributed by atoms with E-state index in [4.69, 9.17) is 23.2 Å². The minimum Gasteiger partial charge on any atom is -0.283 e. The second-order valence-electron chi connectivity index (χ2n) is 5.78. The van der Waals surface area contributed by atoms with Crippen LogP contribution in [0.5, 0.6) is 0 Å². The third kappa shape index (κ3) is 3.51. The van der Waals surface area contributed by atoms with E-state index in [1.165, 1.54) is 40.3 Å². The minimum atomic E-state index is -3.79. The van der Waals surface area contributed by atoms with Gasteiger partial charge >= 0.3 is 0 Å². The number of fused-ring (bicyclic) bond motifs is 1. The molecule has 142 valence electrons. The number of nitrogens with zero attached hydrogens (tertiary/aromatic N) is 2. The molecule has 6 nitrogen and oxygen atoms in total. The Morgan fingerprint density at radius 3 is 2.68 bits per heavy atom. The number of benzene rings is 2. The van der Waals surface area contributed by atoms with Crippen molar-refractivity contribution in [1.29, 1.82) is 0 Å².